The number of ether oxygens (including phenoxy) is 1. The minimum Gasteiger partial charge on any atom is -0.497 e. The Hall–Kier alpha value is -3.14. The van der Waals surface area contributed by atoms with Crippen molar-refractivity contribution < 1.29 is 17.7 Å². The number of aromatic nitrogens is 3. The van der Waals surface area contributed by atoms with E-state index in [1.54, 1.807) is 20.1 Å². The van der Waals surface area contributed by atoms with Gasteiger partial charge in [0, 0.05) is 5.69 Å². The number of anilines is 3. The Bertz CT molecular complexity index is 979. The minimum absolute atomic E-state index is 0.000246. The molecular formula is C16H17N5O4S. The lowest BCUT2D eigenvalue weighted by atomic mass is 10.3. The predicted octanol–water partition coefficient (Wildman–Crippen LogP) is 2.63. The molecular weight excluding hydrogens is 358 g/mol. The van der Waals surface area contributed by atoms with E-state index in [9.17, 15) is 8.42 Å². The van der Waals surface area contributed by atoms with Crippen LogP contribution in [0.15, 0.2) is 45.8 Å². The second-order valence-electron chi connectivity index (χ2n) is 5.42. The molecule has 0 unspecified atom stereocenters. The van der Waals surface area contributed by atoms with Gasteiger partial charge in [-0.1, -0.05) is 5.16 Å². The molecule has 0 aliphatic heterocycles. The van der Waals surface area contributed by atoms with E-state index in [1.807, 2.05) is 24.3 Å². The largest absolute Gasteiger partial charge is 0.497 e. The molecule has 0 aliphatic carbocycles. The summed E-state index contributed by atoms with van der Waals surface area (Å²) in [5, 5.41) is 14.6. The second-order valence-corrected chi connectivity index (χ2v) is 7.04. The first-order valence-corrected chi connectivity index (χ1v) is 9.08. The third-order valence-corrected chi connectivity index (χ3v) is 5.10. The highest BCUT2D eigenvalue weighted by atomic mass is 32.2. The van der Waals surface area contributed by atoms with Crippen LogP contribution in [0.2, 0.25) is 0 Å². The highest BCUT2D eigenvalue weighted by molar-refractivity contribution is 7.92. The van der Waals surface area contributed by atoms with Crippen molar-refractivity contribution >= 4 is 27.3 Å². The first-order valence-electron chi connectivity index (χ1n) is 7.59. The van der Waals surface area contributed by atoms with Gasteiger partial charge >= 0.3 is 0 Å². The van der Waals surface area contributed by atoms with Crippen molar-refractivity contribution in [2.24, 2.45) is 0 Å². The summed E-state index contributed by atoms with van der Waals surface area (Å²) >= 11 is 0. The van der Waals surface area contributed by atoms with Gasteiger partial charge in [-0.05, 0) is 50.2 Å². The fourth-order valence-electron chi connectivity index (χ4n) is 2.32. The lowest BCUT2D eigenvalue weighted by Crippen LogP contribution is -2.15. The third-order valence-electron chi connectivity index (χ3n) is 3.50. The fraction of sp³-hybridized carbons (Fsp3) is 0.188. The van der Waals surface area contributed by atoms with E-state index in [1.165, 1.54) is 13.0 Å². The van der Waals surface area contributed by atoms with E-state index in [2.05, 4.69) is 25.4 Å². The van der Waals surface area contributed by atoms with Gasteiger partial charge in [0.15, 0.2) is 22.3 Å². The van der Waals surface area contributed by atoms with Gasteiger partial charge in [-0.2, -0.15) is 0 Å². The molecule has 1 aromatic carbocycles. The van der Waals surface area contributed by atoms with Crippen molar-refractivity contribution in [1.82, 2.24) is 15.4 Å². The summed E-state index contributed by atoms with van der Waals surface area (Å²) in [6, 6.07) is 10.4. The van der Waals surface area contributed by atoms with E-state index >= 15 is 0 Å². The van der Waals surface area contributed by atoms with Crippen LogP contribution < -0.4 is 14.8 Å². The molecule has 0 saturated carbocycles. The van der Waals surface area contributed by atoms with Crippen molar-refractivity contribution in [1.29, 1.82) is 0 Å². The molecule has 0 saturated heterocycles. The number of rotatable bonds is 6. The fourth-order valence-corrected chi connectivity index (χ4v) is 3.65. The van der Waals surface area contributed by atoms with Crippen LogP contribution in [0.1, 0.15) is 11.5 Å². The van der Waals surface area contributed by atoms with Gasteiger partial charge in [0.25, 0.3) is 10.0 Å². The van der Waals surface area contributed by atoms with Crippen molar-refractivity contribution in [2.75, 3.05) is 17.1 Å². The maximum Gasteiger partial charge on any atom is 0.268 e. The van der Waals surface area contributed by atoms with Gasteiger partial charge in [-0.3, -0.25) is 4.72 Å². The molecule has 2 heterocycles. The number of sulfonamides is 1. The Morgan fingerprint density at radius 3 is 2.19 bits per heavy atom. The highest BCUT2D eigenvalue weighted by Crippen LogP contribution is 2.22. The molecule has 10 heteroatoms. The predicted molar refractivity (Wildman–Crippen MR) is 95.1 cm³/mol. The average Bonchev–Trinajstić information content (AvgIpc) is 2.96. The molecule has 136 valence electrons. The minimum atomic E-state index is -3.85. The van der Waals surface area contributed by atoms with Gasteiger partial charge in [0.2, 0.25) is 0 Å². The van der Waals surface area contributed by atoms with Crippen molar-refractivity contribution in [3.05, 3.63) is 47.9 Å². The Morgan fingerprint density at radius 2 is 1.65 bits per heavy atom. The summed E-state index contributed by atoms with van der Waals surface area (Å²) in [4.78, 5) is -0.000246. The molecule has 26 heavy (non-hydrogen) atoms. The number of hydrogen-bond donors (Lipinski definition) is 2. The quantitative estimate of drug-likeness (QED) is 0.675. The van der Waals surface area contributed by atoms with Crippen LogP contribution in [-0.2, 0) is 10.0 Å². The first-order chi connectivity index (χ1) is 12.4. The molecule has 3 rings (SSSR count). The van der Waals surface area contributed by atoms with Crippen molar-refractivity contribution in [3.63, 3.8) is 0 Å². The summed E-state index contributed by atoms with van der Waals surface area (Å²) in [6.07, 6.45) is 0. The standard InChI is InChI=1S/C16H17N5O4S/c1-10-16(11(2)25-20-10)26(22,23)21-15-9-8-14(18-19-15)17-12-4-6-13(24-3)7-5-12/h4-9H,1-3H3,(H,17,18)(H,19,21). The molecule has 3 aromatic rings. The van der Waals surface area contributed by atoms with E-state index in [-0.39, 0.29) is 22.2 Å². The Morgan fingerprint density at radius 1 is 1.00 bits per heavy atom. The number of benzene rings is 1. The van der Waals surface area contributed by atoms with Crippen LogP contribution in [0.3, 0.4) is 0 Å². The number of hydrogen-bond acceptors (Lipinski definition) is 8. The lowest BCUT2D eigenvalue weighted by Gasteiger charge is -2.08. The second kappa shape index (κ2) is 7.00. The number of aryl methyl sites for hydroxylation is 2. The monoisotopic (exact) mass is 375 g/mol. The zero-order chi connectivity index (χ0) is 18.7. The zero-order valence-corrected chi connectivity index (χ0v) is 15.2. The first kappa shape index (κ1) is 17.7. The van der Waals surface area contributed by atoms with Gasteiger partial charge in [0.05, 0.1) is 7.11 Å². The normalized spacial score (nSPS) is 11.2. The van der Waals surface area contributed by atoms with E-state index in [0.29, 0.717) is 5.82 Å². The summed E-state index contributed by atoms with van der Waals surface area (Å²) in [7, 11) is -2.26. The van der Waals surface area contributed by atoms with Crippen molar-refractivity contribution in [2.45, 2.75) is 18.7 Å². The third kappa shape index (κ3) is 3.75. The van der Waals surface area contributed by atoms with E-state index < -0.39 is 10.0 Å². The number of nitrogens with one attached hydrogen (secondary N) is 2. The summed E-state index contributed by atoms with van der Waals surface area (Å²) in [5.41, 5.74) is 1.07. The van der Waals surface area contributed by atoms with Crippen LogP contribution in [0.4, 0.5) is 17.3 Å². The van der Waals surface area contributed by atoms with Crippen LogP contribution in [0.5, 0.6) is 5.75 Å². The summed E-state index contributed by atoms with van der Waals surface area (Å²) < 4.78 is 37.2. The molecule has 2 N–H and O–H groups in total. The van der Waals surface area contributed by atoms with Gasteiger partial charge in [0.1, 0.15) is 11.4 Å². The zero-order valence-electron chi connectivity index (χ0n) is 14.3. The molecule has 0 amide bonds. The lowest BCUT2D eigenvalue weighted by molar-refractivity contribution is 0.390. The van der Waals surface area contributed by atoms with Crippen LogP contribution in [-0.4, -0.2) is 30.9 Å². The average molecular weight is 375 g/mol. The molecule has 2 aromatic heterocycles. The Balaban J connectivity index is 1.73. The summed E-state index contributed by atoms with van der Waals surface area (Å²) in [5.74, 6) is 1.51. The van der Waals surface area contributed by atoms with Crippen LogP contribution in [0, 0.1) is 13.8 Å². The number of methoxy groups -OCH3 is 1. The van der Waals surface area contributed by atoms with Gasteiger partial charge in [-0.25, -0.2) is 8.42 Å². The maximum absolute atomic E-state index is 12.4. The smallest absolute Gasteiger partial charge is 0.268 e. The summed E-state index contributed by atoms with van der Waals surface area (Å²) in [6.45, 7) is 3.08. The van der Waals surface area contributed by atoms with Crippen molar-refractivity contribution in [3.8, 4) is 5.75 Å². The topological polar surface area (TPSA) is 119 Å². The molecule has 0 spiro atoms. The molecule has 0 fully saturated rings. The van der Waals surface area contributed by atoms with Gasteiger partial charge < -0.3 is 14.6 Å². The van der Waals surface area contributed by atoms with E-state index in [0.717, 1.165) is 11.4 Å². The molecule has 9 nitrogen and oxygen atoms in total. The molecule has 0 radical (unpaired) electrons. The molecule has 0 aliphatic rings. The Labute approximate surface area is 150 Å². The SMILES string of the molecule is COc1ccc(Nc2ccc(NS(=O)(=O)c3c(C)noc3C)nn2)cc1. The molecule has 0 bridgehead atoms. The Kier molecular flexibility index (Phi) is 4.76. The highest BCUT2D eigenvalue weighted by Gasteiger charge is 2.24. The number of nitrogens with zero attached hydrogens (tertiary/aromatic N) is 3. The van der Waals surface area contributed by atoms with E-state index in [4.69, 9.17) is 9.26 Å². The van der Waals surface area contributed by atoms with Gasteiger partial charge in [-0.15, -0.1) is 10.2 Å². The maximum atomic E-state index is 12.4. The van der Waals surface area contributed by atoms with Crippen LogP contribution in [0.25, 0.3) is 0 Å². The molecule has 0 atom stereocenters. The van der Waals surface area contributed by atoms with Crippen LogP contribution >= 0.6 is 0 Å².